The van der Waals surface area contributed by atoms with E-state index in [0.29, 0.717) is 0 Å². The van der Waals surface area contributed by atoms with Gasteiger partial charge in [0.25, 0.3) is 0 Å². The van der Waals surface area contributed by atoms with Crippen LogP contribution in [0, 0.1) is 3.57 Å². The second-order valence-electron chi connectivity index (χ2n) is 4.22. The number of halogens is 1. The van der Waals surface area contributed by atoms with Crippen LogP contribution in [0.4, 0.5) is 0 Å². The molecule has 17 heavy (non-hydrogen) atoms. The van der Waals surface area contributed by atoms with Crippen LogP contribution in [-0.4, -0.2) is 39.8 Å². The molecule has 0 bridgehead atoms. The van der Waals surface area contributed by atoms with Crippen molar-refractivity contribution in [3.63, 3.8) is 0 Å². The van der Waals surface area contributed by atoms with Crippen LogP contribution < -0.4 is 9.47 Å². The maximum atomic E-state index is 5.34. The molecule has 0 aromatic heterocycles. The molecule has 96 valence electrons. The largest absolute Gasteiger partial charge is 0.493 e. The summed E-state index contributed by atoms with van der Waals surface area (Å²) in [7, 11) is 7.54. The van der Waals surface area contributed by atoms with Crippen molar-refractivity contribution >= 4 is 22.6 Å². The standard InChI is InChI=1S/C13H20INO2/c1-15(2)7-5-6-10-8-11(14)13(17-4)12(9-10)16-3/h8-9H,5-7H2,1-4H3. The Bertz CT molecular complexity index is 367. The number of hydrogen-bond donors (Lipinski definition) is 0. The summed E-state index contributed by atoms with van der Waals surface area (Å²) in [6, 6.07) is 4.23. The zero-order valence-corrected chi connectivity index (χ0v) is 13.1. The number of rotatable bonds is 6. The highest BCUT2D eigenvalue weighted by molar-refractivity contribution is 14.1. The zero-order valence-electron chi connectivity index (χ0n) is 10.9. The average molecular weight is 349 g/mol. The molecule has 1 rings (SSSR count). The molecule has 0 spiro atoms. The fourth-order valence-electron chi connectivity index (χ4n) is 1.72. The van der Waals surface area contributed by atoms with Gasteiger partial charge in [0.15, 0.2) is 11.5 Å². The number of methoxy groups -OCH3 is 2. The summed E-state index contributed by atoms with van der Waals surface area (Å²) in [5.74, 6) is 1.64. The van der Waals surface area contributed by atoms with Crippen molar-refractivity contribution in [3.8, 4) is 11.5 Å². The van der Waals surface area contributed by atoms with Gasteiger partial charge in [0.1, 0.15) is 0 Å². The van der Waals surface area contributed by atoms with Crippen LogP contribution in [-0.2, 0) is 6.42 Å². The second-order valence-corrected chi connectivity index (χ2v) is 5.38. The summed E-state index contributed by atoms with van der Waals surface area (Å²) in [6.07, 6.45) is 2.22. The van der Waals surface area contributed by atoms with E-state index in [4.69, 9.17) is 9.47 Å². The van der Waals surface area contributed by atoms with Gasteiger partial charge in [-0.25, -0.2) is 0 Å². The summed E-state index contributed by atoms with van der Waals surface area (Å²) in [6.45, 7) is 1.10. The van der Waals surface area contributed by atoms with E-state index in [2.05, 4.69) is 53.7 Å². The van der Waals surface area contributed by atoms with Gasteiger partial charge in [-0.3, -0.25) is 0 Å². The summed E-state index contributed by atoms with van der Waals surface area (Å²) >= 11 is 2.28. The lowest BCUT2D eigenvalue weighted by Gasteiger charge is -2.13. The maximum absolute atomic E-state index is 5.34. The van der Waals surface area contributed by atoms with Crippen LogP contribution in [0.3, 0.4) is 0 Å². The Morgan fingerprint density at radius 1 is 1.18 bits per heavy atom. The molecule has 0 N–H and O–H groups in total. The lowest BCUT2D eigenvalue weighted by molar-refractivity contribution is 0.352. The van der Waals surface area contributed by atoms with Gasteiger partial charge < -0.3 is 14.4 Å². The molecular weight excluding hydrogens is 329 g/mol. The van der Waals surface area contributed by atoms with Gasteiger partial charge in [0.05, 0.1) is 17.8 Å². The number of ether oxygens (including phenoxy) is 2. The van der Waals surface area contributed by atoms with Gasteiger partial charge in [-0.2, -0.15) is 0 Å². The van der Waals surface area contributed by atoms with Gasteiger partial charge in [0, 0.05) is 0 Å². The Hall–Kier alpha value is -0.490. The molecule has 0 unspecified atom stereocenters. The van der Waals surface area contributed by atoms with Crippen molar-refractivity contribution in [3.05, 3.63) is 21.3 Å². The lowest BCUT2D eigenvalue weighted by atomic mass is 10.1. The molecule has 0 amide bonds. The molecule has 0 saturated heterocycles. The third-order valence-corrected chi connectivity index (χ3v) is 3.37. The highest BCUT2D eigenvalue weighted by atomic mass is 127. The number of hydrogen-bond acceptors (Lipinski definition) is 3. The molecule has 1 aromatic carbocycles. The predicted molar refractivity (Wildman–Crippen MR) is 79.1 cm³/mol. The summed E-state index contributed by atoms with van der Waals surface area (Å²) in [5, 5.41) is 0. The molecule has 0 aliphatic carbocycles. The fraction of sp³-hybridized carbons (Fsp3) is 0.538. The minimum atomic E-state index is 0.819. The van der Waals surface area contributed by atoms with Gasteiger partial charge in [-0.15, -0.1) is 0 Å². The van der Waals surface area contributed by atoms with E-state index in [1.165, 1.54) is 5.56 Å². The van der Waals surface area contributed by atoms with Gasteiger partial charge in [-0.1, -0.05) is 0 Å². The van der Waals surface area contributed by atoms with Crippen LogP contribution in [0.15, 0.2) is 12.1 Å². The molecule has 0 aliphatic heterocycles. The quantitative estimate of drug-likeness (QED) is 0.738. The Balaban J connectivity index is 2.77. The summed E-state index contributed by atoms with van der Waals surface area (Å²) in [4.78, 5) is 2.20. The topological polar surface area (TPSA) is 21.7 Å². The van der Waals surface area contributed by atoms with E-state index < -0.39 is 0 Å². The zero-order chi connectivity index (χ0) is 12.8. The second kappa shape index (κ2) is 7.06. The van der Waals surface area contributed by atoms with E-state index in [-0.39, 0.29) is 0 Å². The molecule has 4 heteroatoms. The lowest BCUT2D eigenvalue weighted by Crippen LogP contribution is -2.13. The molecule has 1 aromatic rings. The van der Waals surface area contributed by atoms with Gasteiger partial charge in [0.2, 0.25) is 0 Å². The van der Waals surface area contributed by atoms with Crippen LogP contribution in [0.1, 0.15) is 12.0 Å². The highest BCUT2D eigenvalue weighted by Gasteiger charge is 2.10. The number of aryl methyl sites for hydroxylation is 1. The molecule has 0 aliphatic rings. The van der Waals surface area contributed by atoms with Crippen molar-refractivity contribution in [2.75, 3.05) is 34.9 Å². The third kappa shape index (κ3) is 4.35. The minimum absolute atomic E-state index is 0.819. The maximum Gasteiger partial charge on any atom is 0.174 e. The molecule has 0 atom stereocenters. The Morgan fingerprint density at radius 2 is 1.88 bits per heavy atom. The Labute approximate surface area is 117 Å². The van der Waals surface area contributed by atoms with Crippen molar-refractivity contribution in [1.82, 2.24) is 4.90 Å². The highest BCUT2D eigenvalue weighted by Crippen LogP contribution is 2.33. The van der Waals surface area contributed by atoms with Crippen molar-refractivity contribution < 1.29 is 9.47 Å². The smallest absolute Gasteiger partial charge is 0.174 e. The number of nitrogens with zero attached hydrogens (tertiary/aromatic N) is 1. The van der Waals surface area contributed by atoms with Crippen molar-refractivity contribution in [1.29, 1.82) is 0 Å². The van der Waals surface area contributed by atoms with E-state index in [0.717, 1.165) is 34.5 Å². The minimum Gasteiger partial charge on any atom is -0.493 e. The van der Waals surface area contributed by atoms with Crippen molar-refractivity contribution in [2.45, 2.75) is 12.8 Å². The molecule has 3 nitrogen and oxygen atoms in total. The molecule has 0 fully saturated rings. The first-order valence-electron chi connectivity index (χ1n) is 5.63. The van der Waals surface area contributed by atoms with E-state index in [1.54, 1.807) is 14.2 Å². The summed E-state index contributed by atoms with van der Waals surface area (Å²) < 4.78 is 11.8. The first-order chi connectivity index (χ1) is 8.08. The van der Waals surface area contributed by atoms with Crippen LogP contribution in [0.2, 0.25) is 0 Å². The van der Waals surface area contributed by atoms with E-state index in [9.17, 15) is 0 Å². The van der Waals surface area contributed by atoms with Gasteiger partial charge in [-0.05, 0) is 73.8 Å². The van der Waals surface area contributed by atoms with Crippen LogP contribution >= 0.6 is 22.6 Å². The van der Waals surface area contributed by atoms with Crippen LogP contribution in [0.25, 0.3) is 0 Å². The molecular formula is C13H20INO2. The predicted octanol–water partition coefficient (Wildman–Crippen LogP) is 2.80. The fourth-order valence-corrected chi connectivity index (χ4v) is 2.60. The average Bonchev–Trinajstić information content (AvgIpc) is 2.27. The van der Waals surface area contributed by atoms with E-state index >= 15 is 0 Å². The SMILES string of the molecule is COc1cc(CCCN(C)C)cc(I)c1OC. The van der Waals surface area contributed by atoms with Gasteiger partial charge >= 0.3 is 0 Å². The van der Waals surface area contributed by atoms with E-state index in [1.807, 2.05) is 0 Å². The molecule has 0 saturated carbocycles. The summed E-state index contributed by atoms with van der Waals surface area (Å²) in [5.41, 5.74) is 1.30. The normalized spacial score (nSPS) is 10.7. The first kappa shape index (κ1) is 14.6. The number of benzene rings is 1. The first-order valence-corrected chi connectivity index (χ1v) is 6.71. The third-order valence-electron chi connectivity index (χ3n) is 2.56. The molecule has 0 radical (unpaired) electrons. The van der Waals surface area contributed by atoms with Crippen LogP contribution in [0.5, 0.6) is 11.5 Å². The Kier molecular flexibility index (Phi) is 6.05. The van der Waals surface area contributed by atoms with Crippen molar-refractivity contribution in [2.24, 2.45) is 0 Å². The molecule has 0 heterocycles. The Morgan fingerprint density at radius 3 is 2.41 bits per heavy atom. The monoisotopic (exact) mass is 349 g/mol.